The Morgan fingerprint density at radius 3 is 2.23 bits per heavy atom. The molecular weight excluding hydrogens is 340 g/mol. The van der Waals surface area contributed by atoms with Crippen LogP contribution in [-0.4, -0.2) is 27.9 Å². The molecule has 7 nitrogen and oxygen atoms in total. The highest BCUT2D eigenvalue weighted by Gasteiger charge is 2.15. The molecule has 0 aliphatic rings. The molecule has 0 unspecified atom stereocenters. The van der Waals surface area contributed by atoms with E-state index in [1.165, 1.54) is 38.1 Å². The number of ketones is 1. The zero-order chi connectivity index (χ0) is 19.3. The van der Waals surface area contributed by atoms with Gasteiger partial charge >= 0.3 is 11.9 Å². The van der Waals surface area contributed by atoms with Gasteiger partial charge in [0.2, 0.25) is 0 Å². The van der Waals surface area contributed by atoms with E-state index in [2.05, 4.69) is 0 Å². The molecule has 0 heterocycles. The molecule has 2 rings (SSSR count). The van der Waals surface area contributed by atoms with Crippen molar-refractivity contribution in [2.24, 2.45) is 0 Å². The second kappa shape index (κ2) is 8.15. The highest BCUT2D eigenvalue weighted by Crippen LogP contribution is 2.28. The van der Waals surface area contributed by atoms with Gasteiger partial charge in [0.15, 0.2) is 5.78 Å². The summed E-state index contributed by atoms with van der Waals surface area (Å²) in [7, 11) is 0. The first-order chi connectivity index (χ1) is 12.3. The van der Waals surface area contributed by atoms with E-state index in [1.54, 1.807) is 6.07 Å². The van der Waals surface area contributed by atoms with E-state index in [-0.39, 0.29) is 47.2 Å². The molecule has 0 amide bonds. The van der Waals surface area contributed by atoms with Gasteiger partial charge in [0.1, 0.15) is 23.0 Å². The Balaban J connectivity index is 2.18. The van der Waals surface area contributed by atoms with Gasteiger partial charge in [-0.15, -0.1) is 0 Å². The van der Waals surface area contributed by atoms with Gasteiger partial charge in [-0.25, -0.2) is 0 Å². The average molecular weight is 358 g/mol. The first kappa shape index (κ1) is 19.0. The Morgan fingerprint density at radius 1 is 0.923 bits per heavy atom. The van der Waals surface area contributed by atoms with E-state index >= 15 is 0 Å². The summed E-state index contributed by atoms with van der Waals surface area (Å²) in [6.07, 6.45) is 0.279. The fourth-order valence-electron chi connectivity index (χ4n) is 2.36. The summed E-state index contributed by atoms with van der Waals surface area (Å²) in [5, 5.41) is 19.0. The van der Waals surface area contributed by atoms with Crippen LogP contribution in [0, 0.1) is 0 Å². The van der Waals surface area contributed by atoms with Crippen molar-refractivity contribution in [3.63, 3.8) is 0 Å². The third kappa shape index (κ3) is 5.07. The molecule has 136 valence electrons. The summed E-state index contributed by atoms with van der Waals surface area (Å²) in [6, 6.07) is 8.27. The SMILES string of the molecule is CC(=O)Oc1ccc(CCC(=O)c2ccc(O)cc2O)c(OC(C)=O)c1. The minimum atomic E-state index is -0.547. The molecule has 0 fully saturated rings. The monoisotopic (exact) mass is 358 g/mol. The number of Topliss-reactive ketones (excluding diaryl/α,β-unsaturated/α-hetero) is 1. The van der Waals surface area contributed by atoms with Crippen LogP contribution in [0.4, 0.5) is 0 Å². The number of hydrogen-bond acceptors (Lipinski definition) is 7. The summed E-state index contributed by atoms with van der Waals surface area (Å²) in [5.41, 5.74) is 0.663. The molecule has 2 aromatic rings. The average Bonchev–Trinajstić information content (AvgIpc) is 2.52. The van der Waals surface area contributed by atoms with E-state index in [0.29, 0.717) is 5.56 Å². The predicted octanol–water partition coefficient (Wildman–Crippen LogP) is 2.76. The number of aromatic hydroxyl groups is 2. The van der Waals surface area contributed by atoms with Gasteiger partial charge in [-0.05, 0) is 30.2 Å². The maximum Gasteiger partial charge on any atom is 0.308 e. The maximum absolute atomic E-state index is 12.3. The van der Waals surface area contributed by atoms with E-state index < -0.39 is 11.9 Å². The van der Waals surface area contributed by atoms with Gasteiger partial charge in [-0.1, -0.05) is 6.07 Å². The Labute approximate surface area is 149 Å². The lowest BCUT2D eigenvalue weighted by Gasteiger charge is -2.11. The summed E-state index contributed by atoms with van der Waals surface area (Å²) >= 11 is 0. The van der Waals surface area contributed by atoms with Crippen molar-refractivity contribution in [1.82, 2.24) is 0 Å². The molecule has 0 aliphatic carbocycles. The molecule has 0 aromatic heterocycles. The lowest BCUT2D eigenvalue weighted by Crippen LogP contribution is -2.08. The van der Waals surface area contributed by atoms with Crippen LogP contribution in [0.3, 0.4) is 0 Å². The number of rotatable bonds is 6. The van der Waals surface area contributed by atoms with Gasteiger partial charge < -0.3 is 19.7 Å². The van der Waals surface area contributed by atoms with Crippen molar-refractivity contribution in [2.45, 2.75) is 26.7 Å². The lowest BCUT2D eigenvalue weighted by molar-refractivity contribution is -0.132. The molecule has 0 atom stereocenters. The van der Waals surface area contributed by atoms with Crippen LogP contribution in [0.1, 0.15) is 36.2 Å². The molecule has 0 saturated carbocycles. The topological polar surface area (TPSA) is 110 Å². The molecule has 0 spiro atoms. The number of phenolic OH excluding ortho intramolecular Hbond substituents is 2. The number of esters is 2. The smallest absolute Gasteiger partial charge is 0.308 e. The van der Waals surface area contributed by atoms with Gasteiger partial charge in [0, 0.05) is 32.4 Å². The maximum atomic E-state index is 12.3. The second-order valence-electron chi connectivity index (χ2n) is 5.58. The molecule has 7 heteroatoms. The first-order valence-corrected chi connectivity index (χ1v) is 7.81. The molecule has 2 aromatic carbocycles. The fraction of sp³-hybridized carbons (Fsp3) is 0.211. The molecule has 0 bridgehead atoms. The number of phenols is 2. The van der Waals surface area contributed by atoms with E-state index in [4.69, 9.17) is 9.47 Å². The second-order valence-corrected chi connectivity index (χ2v) is 5.58. The molecule has 2 N–H and O–H groups in total. The summed E-state index contributed by atoms with van der Waals surface area (Å²) in [5.74, 6) is -1.42. The Morgan fingerprint density at radius 2 is 1.62 bits per heavy atom. The lowest BCUT2D eigenvalue weighted by atomic mass is 10.0. The number of carbonyl (C=O) groups is 3. The minimum Gasteiger partial charge on any atom is -0.508 e. The van der Waals surface area contributed by atoms with Gasteiger partial charge in [-0.2, -0.15) is 0 Å². The van der Waals surface area contributed by atoms with Crippen molar-refractivity contribution in [1.29, 1.82) is 0 Å². The van der Waals surface area contributed by atoms with Crippen molar-refractivity contribution < 1.29 is 34.1 Å². The van der Waals surface area contributed by atoms with E-state index in [9.17, 15) is 24.6 Å². The highest BCUT2D eigenvalue weighted by molar-refractivity contribution is 5.98. The van der Waals surface area contributed by atoms with Crippen molar-refractivity contribution in [3.8, 4) is 23.0 Å². The van der Waals surface area contributed by atoms with Crippen LogP contribution in [0.15, 0.2) is 36.4 Å². The Kier molecular flexibility index (Phi) is 5.95. The van der Waals surface area contributed by atoms with Crippen molar-refractivity contribution >= 4 is 17.7 Å². The van der Waals surface area contributed by atoms with Gasteiger partial charge in [-0.3, -0.25) is 14.4 Å². The summed E-state index contributed by atoms with van der Waals surface area (Å²) in [4.78, 5) is 34.6. The van der Waals surface area contributed by atoms with Crippen LogP contribution >= 0.6 is 0 Å². The standard InChI is InChI=1S/C19H18O7/c1-11(20)25-15-6-3-13(19(10-15)26-12(2)21)4-8-17(23)16-7-5-14(22)9-18(16)24/h3,5-7,9-10,22,24H,4,8H2,1-2H3. The van der Waals surface area contributed by atoms with E-state index in [1.807, 2.05) is 0 Å². The normalized spacial score (nSPS) is 10.2. The first-order valence-electron chi connectivity index (χ1n) is 7.81. The van der Waals surface area contributed by atoms with Crippen molar-refractivity contribution in [2.75, 3.05) is 0 Å². The van der Waals surface area contributed by atoms with Crippen LogP contribution in [0.25, 0.3) is 0 Å². The van der Waals surface area contributed by atoms with Crippen LogP contribution in [0.5, 0.6) is 23.0 Å². The number of carbonyl (C=O) groups excluding carboxylic acids is 3. The third-order valence-corrected chi connectivity index (χ3v) is 3.46. The quantitative estimate of drug-likeness (QED) is 0.464. The number of aryl methyl sites for hydroxylation is 1. The van der Waals surface area contributed by atoms with E-state index in [0.717, 1.165) is 6.07 Å². The van der Waals surface area contributed by atoms with Gasteiger partial charge in [0.25, 0.3) is 0 Å². The number of ether oxygens (including phenoxy) is 2. The zero-order valence-corrected chi connectivity index (χ0v) is 14.3. The molecule has 0 saturated heterocycles. The fourth-order valence-corrected chi connectivity index (χ4v) is 2.36. The van der Waals surface area contributed by atoms with Crippen LogP contribution in [-0.2, 0) is 16.0 Å². The largest absolute Gasteiger partial charge is 0.508 e. The highest BCUT2D eigenvalue weighted by atomic mass is 16.5. The summed E-state index contributed by atoms with van der Waals surface area (Å²) < 4.78 is 10.1. The Bertz CT molecular complexity index is 855. The van der Waals surface area contributed by atoms with Crippen LogP contribution < -0.4 is 9.47 Å². The Hall–Kier alpha value is -3.35. The zero-order valence-electron chi connectivity index (χ0n) is 14.3. The third-order valence-electron chi connectivity index (χ3n) is 3.46. The van der Waals surface area contributed by atoms with Crippen molar-refractivity contribution in [3.05, 3.63) is 47.5 Å². The number of benzene rings is 2. The van der Waals surface area contributed by atoms with Crippen LogP contribution in [0.2, 0.25) is 0 Å². The molecule has 0 radical (unpaired) electrons. The van der Waals surface area contributed by atoms with Gasteiger partial charge in [0.05, 0.1) is 5.56 Å². The number of hydrogen-bond donors (Lipinski definition) is 2. The summed E-state index contributed by atoms with van der Waals surface area (Å²) in [6.45, 7) is 2.49. The minimum absolute atomic E-state index is 0.0412. The predicted molar refractivity (Wildman–Crippen MR) is 91.5 cm³/mol. The molecule has 26 heavy (non-hydrogen) atoms. The molecule has 0 aliphatic heterocycles. The molecular formula is C19H18O7.